The summed E-state index contributed by atoms with van der Waals surface area (Å²) in [4.78, 5) is 26.2. The highest BCUT2D eigenvalue weighted by Crippen LogP contribution is 2.35. The Bertz CT molecular complexity index is 907. The minimum atomic E-state index is -0.669. The molecule has 1 fully saturated rings. The molecular weight excluding hydrogens is 402 g/mol. The number of likely N-dealkylation sites (tertiary alicyclic amines) is 1. The molecule has 1 atom stereocenters. The Kier molecular flexibility index (Phi) is 6.37. The Hall–Kier alpha value is -2.67. The van der Waals surface area contributed by atoms with E-state index in [4.69, 9.17) is 22.1 Å². The number of nitrogens with zero attached hydrogens (tertiary/aromatic N) is 1. The normalized spacial score (nSPS) is 19.1. The van der Waals surface area contributed by atoms with Gasteiger partial charge in [0.15, 0.2) is 0 Å². The van der Waals surface area contributed by atoms with Gasteiger partial charge in [-0.15, -0.1) is 0 Å². The molecule has 0 radical (unpaired) electrons. The van der Waals surface area contributed by atoms with Crippen molar-refractivity contribution in [2.45, 2.75) is 19.3 Å². The Morgan fingerprint density at radius 1 is 1.17 bits per heavy atom. The first kappa shape index (κ1) is 21.0. The van der Waals surface area contributed by atoms with Gasteiger partial charge in [0.05, 0.1) is 11.6 Å². The zero-order chi connectivity index (χ0) is 21.0. The van der Waals surface area contributed by atoms with Crippen LogP contribution in [-0.4, -0.2) is 36.4 Å². The lowest BCUT2D eigenvalue weighted by Gasteiger charge is -2.42. The molecule has 1 aliphatic heterocycles. The lowest BCUT2D eigenvalue weighted by molar-refractivity contribution is -0.122. The molecule has 2 aromatic rings. The van der Waals surface area contributed by atoms with Gasteiger partial charge in [-0.05, 0) is 55.3 Å². The number of rotatable bonds is 6. The van der Waals surface area contributed by atoms with Crippen molar-refractivity contribution >= 4 is 23.4 Å². The lowest BCUT2D eigenvalue weighted by atomic mass is 9.77. The van der Waals surface area contributed by atoms with Crippen molar-refractivity contribution in [3.63, 3.8) is 0 Å². The van der Waals surface area contributed by atoms with Gasteiger partial charge in [-0.1, -0.05) is 11.6 Å². The summed E-state index contributed by atoms with van der Waals surface area (Å²) in [5.74, 6) is -1.31. The summed E-state index contributed by atoms with van der Waals surface area (Å²) in [6, 6.07) is 9.38. The number of amides is 2. The molecule has 29 heavy (non-hydrogen) atoms. The smallest absolute Gasteiger partial charge is 0.253 e. The number of hydrogen-bond donors (Lipinski definition) is 1. The highest BCUT2D eigenvalue weighted by Gasteiger charge is 2.39. The van der Waals surface area contributed by atoms with Crippen molar-refractivity contribution in [3.05, 3.63) is 64.7 Å². The minimum absolute atomic E-state index is 0.0438. The molecule has 1 saturated heterocycles. The second-order valence-electron chi connectivity index (χ2n) is 7.34. The van der Waals surface area contributed by atoms with Crippen LogP contribution in [0.15, 0.2) is 42.5 Å². The molecule has 0 aliphatic carbocycles. The van der Waals surface area contributed by atoms with E-state index in [9.17, 15) is 18.4 Å². The predicted molar refractivity (Wildman–Crippen MR) is 105 cm³/mol. The number of carbonyl (C=O) groups excluding carboxylic acids is 2. The Morgan fingerprint density at radius 3 is 2.55 bits per heavy atom. The number of ether oxygens (including phenoxy) is 1. The molecular formula is C21H21ClF2N2O3. The van der Waals surface area contributed by atoms with Gasteiger partial charge in [-0.25, -0.2) is 8.78 Å². The van der Waals surface area contributed by atoms with Crippen molar-refractivity contribution in [2.75, 3.05) is 19.7 Å². The average molecular weight is 423 g/mol. The summed E-state index contributed by atoms with van der Waals surface area (Å²) in [5, 5.41) is -0.129. The SMILES string of the molecule is NC(=O)C[C@@]1(COc2ccc(F)cc2)CCCN(C(=O)c2ccc(F)c(Cl)c2)C1. The molecule has 0 unspecified atom stereocenters. The molecule has 154 valence electrons. The maximum Gasteiger partial charge on any atom is 0.253 e. The van der Waals surface area contributed by atoms with Crippen molar-refractivity contribution in [2.24, 2.45) is 11.1 Å². The van der Waals surface area contributed by atoms with E-state index in [0.717, 1.165) is 6.07 Å². The van der Waals surface area contributed by atoms with E-state index in [0.29, 0.717) is 25.1 Å². The summed E-state index contributed by atoms with van der Waals surface area (Å²) in [7, 11) is 0. The molecule has 2 N–H and O–H groups in total. The molecule has 8 heteroatoms. The highest BCUT2D eigenvalue weighted by molar-refractivity contribution is 6.31. The number of nitrogens with two attached hydrogens (primary N) is 1. The van der Waals surface area contributed by atoms with E-state index in [2.05, 4.69) is 0 Å². The fourth-order valence-corrected chi connectivity index (χ4v) is 3.82. The second kappa shape index (κ2) is 8.78. The minimum Gasteiger partial charge on any atom is -0.493 e. The summed E-state index contributed by atoms with van der Waals surface area (Å²) < 4.78 is 32.3. The third-order valence-corrected chi connectivity index (χ3v) is 5.31. The molecule has 0 aromatic heterocycles. The van der Waals surface area contributed by atoms with Crippen molar-refractivity contribution in [1.82, 2.24) is 4.90 Å². The summed E-state index contributed by atoms with van der Waals surface area (Å²) in [5.41, 5.74) is 5.06. The Balaban J connectivity index is 1.77. The molecule has 1 aliphatic rings. The van der Waals surface area contributed by atoms with Gasteiger partial charge < -0.3 is 15.4 Å². The summed E-state index contributed by atoms with van der Waals surface area (Å²) in [6.45, 7) is 0.894. The zero-order valence-electron chi connectivity index (χ0n) is 15.7. The van der Waals surface area contributed by atoms with Crippen LogP contribution in [0.1, 0.15) is 29.6 Å². The third kappa shape index (κ3) is 5.23. The van der Waals surface area contributed by atoms with Gasteiger partial charge in [-0.2, -0.15) is 0 Å². The van der Waals surface area contributed by atoms with Gasteiger partial charge in [-0.3, -0.25) is 9.59 Å². The van der Waals surface area contributed by atoms with Gasteiger partial charge in [0.25, 0.3) is 5.91 Å². The molecule has 3 rings (SSSR count). The number of benzene rings is 2. The highest BCUT2D eigenvalue weighted by atomic mass is 35.5. The first-order chi connectivity index (χ1) is 13.8. The van der Waals surface area contributed by atoms with Gasteiger partial charge in [0.1, 0.15) is 17.4 Å². The van der Waals surface area contributed by atoms with Gasteiger partial charge in [0, 0.05) is 30.5 Å². The maximum atomic E-state index is 13.4. The molecule has 0 spiro atoms. The number of piperidine rings is 1. The van der Waals surface area contributed by atoms with E-state index in [1.165, 1.54) is 36.4 Å². The second-order valence-corrected chi connectivity index (χ2v) is 7.75. The van der Waals surface area contributed by atoms with E-state index < -0.39 is 17.1 Å². The maximum absolute atomic E-state index is 13.4. The van der Waals surface area contributed by atoms with E-state index >= 15 is 0 Å². The Labute approximate surface area is 172 Å². The fourth-order valence-electron chi connectivity index (χ4n) is 3.64. The van der Waals surface area contributed by atoms with Crippen LogP contribution >= 0.6 is 11.6 Å². The quantitative estimate of drug-likeness (QED) is 0.769. The molecule has 2 amide bonds. The van der Waals surface area contributed by atoms with Crippen LogP contribution in [0.25, 0.3) is 0 Å². The number of primary amides is 1. The molecule has 0 bridgehead atoms. The van der Waals surface area contributed by atoms with Crippen molar-refractivity contribution in [1.29, 1.82) is 0 Å². The van der Waals surface area contributed by atoms with Crippen LogP contribution in [0.3, 0.4) is 0 Å². The van der Waals surface area contributed by atoms with Crippen LogP contribution in [0.4, 0.5) is 8.78 Å². The van der Waals surface area contributed by atoms with Gasteiger partial charge in [0.2, 0.25) is 5.91 Å². The molecule has 1 heterocycles. The number of hydrogen-bond acceptors (Lipinski definition) is 3. The zero-order valence-corrected chi connectivity index (χ0v) is 16.4. The third-order valence-electron chi connectivity index (χ3n) is 5.02. The molecule has 0 saturated carbocycles. The largest absolute Gasteiger partial charge is 0.493 e. The summed E-state index contributed by atoms with van der Waals surface area (Å²) in [6.07, 6.45) is 1.34. The average Bonchev–Trinajstić information content (AvgIpc) is 2.69. The molecule has 5 nitrogen and oxygen atoms in total. The number of carbonyl (C=O) groups is 2. The van der Waals surface area contributed by atoms with Crippen LogP contribution in [0.2, 0.25) is 5.02 Å². The lowest BCUT2D eigenvalue weighted by Crippen LogP contribution is -2.50. The standard InChI is InChI=1S/C21H21ClF2N2O3/c22-17-10-14(2-7-18(17)24)20(28)26-9-1-8-21(12-26,11-19(25)27)13-29-16-5-3-15(23)4-6-16/h2-7,10H,1,8-9,11-13H2,(H2,25,27)/t21-/m0/s1. The van der Waals surface area contributed by atoms with Crippen LogP contribution in [0.5, 0.6) is 5.75 Å². The van der Waals surface area contributed by atoms with Crippen molar-refractivity contribution in [3.8, 4) is 5.75 Å². The van der Waals surface area contributed by atoms with E-state index in [1.807, 2.05) is 0 Å². The van der Waals surface area contributed by atoms with Crippen LogP contribution in [-0.2, 0) is 4.79 Å². The van der Waals surface area contributed by atoms with Gasteiger partial charge >= 0.3 is 0 Å². The van der Waals surface area contributed by atoms with Crippen LogP contribution < -0.4 is 10.5 Å². The molecule has 2 aromatic carbocycles. The topological polar surface area (TPSA) is 72.6 Å². The Morgan fingerprint density at radius 2 is 1.90 bits per heavy atom. The first-order valence-electron chi connectivity index (χ1n) is 9.19. The number of halogens is 3. The summed E-state index contributed by atoms with van der Waals surface area (Å²) >= 11 is 5.80. The van der Waals surface area contributed by atoms with E-state index in [-0.39, 0.29) is 41.9 Å². The van der Waals surface area contributed by atoms with E-state index in [1.54, 1.807) is 4.90 Å². The first-order valence-corrected chi connectivity index (χ1v) is 9.57. The van der Waals surface area contributed by atoms with Crippen molar-refractivity contribution < 1.29 is 23.1 Å². The predicted octanol–water partition coefficient (Wildman–Crippen LogP) is 3.80. The monoisotopic (exact) mass is 422 g/mol. The fraction of sp³-hybridized carbons (Fsp3) is 0.333. The van der Waals surface area contributed by atoms with Crippen LogP contribution in [0, 0.1) is 17.0 Å².